The van der Waals surface area contributed by atoms with Crippen molar-refractivity contribution in [1.29, 1.82) is 0 Å². The molecule has 1 amide bonds. The number of carbonyl (C=O) groups is 1. The molecule has 8 heteroatoms. The van der Waals surface area contributed by atoms with E-state index in [9.17, 15) is 17.6 Å². The van der Waals surface area contributed by atoms with Gasteiger partial charge in [0.15, 0.2) is 0 Å². The van der Waals surface area contributed by atoms with Crippen LogP contribution in [0.15, 0.2) is 53.4 Å². The first-order valence-electron chi connectivity index (χ1n) is 9.55. The molecular weight excluding hydrogens is 393 g/mol. The van der Waals surface area contributed by atoms with E-state index in [0.717, 1.165) is 41.6 Å². The van der Waals surface area contributed by atoms with E-state index in [1.807, 2.05) is 24.3 Å². The molecule has 6 nitrogen and oxygen atoms in total. The first-order valence-corrected chi connectivity index (χ1v) is 11.0. The SMILES string of the molecule is CCN(CC)Cc1ccc(CNC(=O)CN(C)S(=O)(=O)c2ccc(F)cc2)cc1. The van der Waals surface area contributed by atoms with Crippen molar-refractivity contribution in [2.24, 2.45) is 0 Å². The summed E-state index contributed by atoms with van der Waals surface area (Å²) in [6, 6.07) is 12.5. The molecule has 0 saturated heterocycles. The normalized spacial score (nSPS) is 11.8. The number of amides is 1. The van der Waals surface area contributed by atoms with E-state index in [-0.39, 0.29) is 11.4 Å². The minimum absolute atomic E-state index is 0.0574. The van der Waals surface area contributed by atoms with Crippen LogP contribution in [0.2, 0.25) is 0 Å². The molecule has 0 fully saturated rings. The Labute approximate surface area is 172 Å². The highest BCUT2D eigenvalue weighted by atomic mass is 32.2. The Hall–Kier alpha value is -2.29. The fraction of sp³-hybridized carbons (Fsp3) is 0.381. The van der Waals surface area contributed by atoms with Gasteiger partial charge in [-0.25, -0.2) is 12.8 Å². The number of hydrogen-bond acceptors (Lipinski definition) is 4. The molecule has 0 spiro atoms. The first-order chi connectivity index (χ1) is 13.8. The van der Waals surface area contributed by atoms with Crippen molar-refractivity contribution < 1.29 is 17.6 Å². The number of likely N-dealkylation sites (N-methyl/N-ethyl adjacent to an activating group) is 1. The van der Waals surface area contributed by atoms with Crippen molar-refractivity contribution in [3.05, 3.63) is 65.5 Å². The second kappa shape index (κ2) is 10.5. The molecule has 158 valence electrons. The van der Waals surface area contributed by atoms with Crippen LogP contribution in [0.4, 0.5) is 4.39 Å². The van der Waals surface area contributed by atoms with Crippen LogP contribution in [0.25, 0.3) is 0 Å². The van der Waals surface area contributed by atoms with Gasteiger partial charge < -0.3 is 5.32 Å². The van der Waals surface area contributed by atoms with Crippen LogP contribution >= 0.6 is 0 Å². The maximum absolute atomic E-state index is 13.0. The second-order valence-electron chi connectivity index (χ2n) is 6.77. The largest absolute Gasteiger partial charge is 0.351 e. The van der Waals surface area contributed by atoms with Gasteiger partial charge in [-0.15, -0.1) is 0 Å². The fourth-order valence-electron chi connectivity index (χ4n) is 2.80. The lowest BCUT2D eigenvalue weighted by atomic mass is 10.1. The number of halogens is 1. The van der Waals surface area contributed by atoms with E-state index < -0.39 is 21.7 Å². The summed E-state index contributed by atoms with van der Waals surface area (Å²) in [4.78, 5) is 14.4. The number of sulfonamides is 1. The Kier molecular flexibility index (Phi) is 8.31. The number of hydrogen-bond donors (Lipinski definition) is 1. The summed E-state index contributed by atoms with van der Waals surface area (Å²) in [6.07, 6.45) is 0. The quantitative estimate of drug-likeness (QED) is 0.640. The molecule has 0 heterocycles. The van der Waals surface area contributed by atoms with Gasteiger partial charge in [0.2, 0.25) is 15.9 Å². The van der Waals surface area contributed by atoms with Crippen molar-refractivity contribution in [3.8, 4) is 0 Å². The lowest BCUT2D eigenvalue weighted by Gasteiger charge is -2.18. The van der Waals surface area contributed by atoms with Crippen LogP contribution in [0.5, 0.6) is 0 Å². The number of nitrogens with one attached hydrogen (secondary N) is 1. The Morgan fingerprint density at radius 1 is 0.966 bits per heavy atom. The van der Waals surface area contributed by atoms with Crippen LogP contribution in [-0.4, -0.2) is 50.2 Å². The van der Waals surface area contributed by atoms with Gasteiger partial charge in [-0.2, -0.15) is 4.31 Å². The van der Waals surface area contributed by atoms with E-state index in [2.05, 4.69) is 24.1 Å². The molecule has 0 atom stereocenters. The van der Waals surface area contributed by atoms with Crippen molar-refractivity contribution in [3.63, 3.8) is 0 Å². The maximum atomic E-state index is 13.0. The summed E-state index contributed by atoms with van der Waals surface area (Å²) < 4.78 is 38.8. The zero-order valence-corrected chi connectivity index (χ0v) is 17.9. The molecule has 0 bridgehead atoms. The standard InChI is InChI=1S/C21H28FN3O3S/c1-4-25(5-2)15-18-8-6-17(7-9-18)14-23-21(26)16-24(3)29(27,28)20-12-10-19(22)11-13-20/h6-13H,4-5,14-16H2,1-3H3,(H,23,26). The molecule has 29 heavy (non-hydrogen) atoms. The monoisotopic (exact) mass is 421 g/mol. The van der Waals surface area contributed by atoms with E-state index in [0.29, 0.717) is 6.54 Å². The fourth-order valence-corrected chi connectivity index (χ4v) is 3.93. The molecule has 2 aromatic carbocycles. The van der Waals surface area contributed by atoms with Crippen molar-refractivity contribution in [2.75, 3.05) is 26.7 Å². The number of carbonyl (C=O) groups excluding carboxylic acids is 1. The molecule has 1 N–H and O–H groups in total. The van der Waals surface area contributed by atoms with Crippen LogP contribution in [-0.2, 0) is 27.9 Å². The highest BCUT2D eigenvalue weighted by Gasteiger charge is 2.22. The molecule has 0 saturated carbocycles. The third-order valence-electron chi connectivity index (χ3n) is 4.70. The van der Waals surface area contributed by atoms with Gasteiger partial charge in [-0.05, 0) is 48.5 Å². The average molecular weight is 422 g/mol. The minimum atomic E-state index is -3.85. The summed E-state index contributed by atoms with van der Waals surface area (Å²) in [5.74, 6) is -0.933. The first kappa shape index (κ1) is 23.0. The van der Waals surface area contributed by atoms with Gasteiger partial charge >= 0.3 is 0 Å². The van der Waals surface area contributed by atoms with Gasteiger partial charge in [-0.1, -0.05) is 38.1 Å². The van der Waals surface area contributed by atoms with Gasteiger partial charge in [0, 0.05) is 20.1 Å². The smallest absolute Gasteiger partial charge is 0.243 e. The summed E-state index contributed by atoms with van der Waals surface area (Å²) in [6.45, 7) is 7.10. The lowest BCUT2D eigenvalue weighted by molar-refractivity contribution is -0.121. The van der Waals surface area contributed by atoms with E-state index in [4.69, 9.17) is 0 Å². The Bertz CT molecular complexity index is 896. The minimum Gasteiger partial charge on any atom is -0.351 e. The number of rotatable bonds is 10. The van der Waals surface area contributed by atoms with E-state index in [1.165, 1.54) is 24.7 Å². The van der Waals surface area contributed by atoms with Crippen LogP contribution in [0.1, 0.15) is 25.0 Å². The highest BCUT2D eigenvalue weighted by molar-refractivity contribution is 7.89. The predicted molar refractivity (Wildman–Crippen MR) is 111 cm³/mol. The summed E-state index contributed by atoms with van der Waals surface area (Å²) in [5.41, 5.74) is 2.14. The Morgan fingerprint density at radius 2 is 1.52 bits per heavy atom. The molecule has 0 aliphatic rings. The third kappa shape index (κ3) is 6.62. The molecule has 0 radical (unpaired) electrons. The van der Waals surface area contributed by atoms with Gasteiger partial charge in [-0.3, -0.25) is 9.69 Å². The molecule has 0 unspecified atom stereocenters. The van der Waals surface area contributed by atoms with Gasteiger partial charge in [0.25, 0.3) is 0 Å². The summed E-state index contributed by atoms with van der Waals surface area (Å²) in [5, 5.41) is 2.73. The molecule has 0 aliphatic heterocycles. The Balaban J connectivity index is 1.88. The van der Waals surface area contributed by atoms with Crippen LogP contribution in [0.3, 0.4) is 0 Å². The van der Waals surface area contributed by atoms with Gasteiger partial charge in [0.05, 0.1) is 11.4 Å². The van der Waals surface area contributed by atoms with E-state index >= 15 is 0 Å². The summed E-state index contributed by atoms with van der Waals surface area (Å²) >= 11 is 0. The lowest BCUT2D eigenvalue weighted by Crippen LogP contribution is -2.38. The Morgan fingerprint density at radius 3 is 2.07 bits per heavy atom. The second-order valence-corrected chi connectivity index (χ2v) is 8.81. The molecule has 0 aliphatic carbocycles. The third-order valence-corrected chi connectivity index (χ3v) is 6.52. The van der Waals surface area contributed by atoms with Crippen LogP contribution in [0, 0.1) is 5.82 Å². The van der Waals surface area contributed by atoms with Crippen molar-refractivity contribution >= 4 is 15.9 Å². The topological polar surface area (TPSA) is 69.7 Å². The van der Waals surface area contributed by atoms with Crippen molar-refractivity contribution in [2.45, 2.75) is 31.8 Å². The highest BCUT2D eigenvalue weighted by Crippen LogP contribution is 2.14. The summed E-state index contributed by atoms with van der Waals surface area (Å²) in [7, 11) is -2.54. The van der Waals surface area contributed by atoms with Crippen molar-refractivity contribution in [1.82, 2.24) is 14.5 Å². The van der Waals surface area contributed by atoms with E-state index in [1.54, 1.807) is 0 Å². The number of benzene rings is 2. The molecule has 2 rings (SSSR count). The predicted octanol–water partition coefficient (Wildman–Crippen LogP) is 2.60. The maximum Gasteiger partial charge on any atom is 0.243 e. The molecular formula is C21H28FN3O3S. The van der Waals surface area contributed by atoms with Crippen LogP contribution < -0.4 is 5.32 Å². The zero-order valence-electron chi connectivity index (χ0n) is 17.1. The number of nitrogens with zero attached hydrogens (tertiary/aromatic N) is 2. The molecule has 0 aromatic heterocycles. The molecule has 2 aromatic rings. The zero-order chi connectivity index (χ0) is 21.4. The van der Waals surface area contributed by atoms with Gasteiger partial charge in [0.1, 0.15) is 5.82 Å². The average Bonchev–Trinajstić information content (AvgIpc) is 2.71.